The minimum atomic E-state index is 0.866. The van der Waals surface area contributed by atoms with Crippen molar-refractivity contribution >= 4 is 11.9 Å². The van der Waals surface area contributed by atoms with E-state index < -0.39 is 0 Å². The van der Waals surface area contributed by atoms with Gasteiger partial charge in [0.25, 0.3) is 0 Å². The van der Waals surface area contributed by atoms with Gasteiger partial charge in [-0.3, -0.25) is 8.96 Å². The van der Waals surface area contributed by atoms with Crippen molar-refractivity contribution in [2.75, 3.05) is 5.75 Å². The van der Waals surface area contributed by atoms with E-state index in [9.17, 15) is 0 Å². The summed E-state index contributed by atoms with van der Waals surface area (Å²) in [7, 11) is 0. The topological polar surface area (TPSA) is 30.7 Å². The van der Waals surface area contributed by atoms with Gasteiger partial charge < -0.3 is 0 Å². The number of aryl methyl sites for hydroxylation is 1. The molecular formula is C16H21N3S. The van der Waals surface area contributed by atoms with Gasteiger partial charge in [-0.2, -0.15) is 0 Å². The molecule has 20 heavy (non-hydrogen) atoms. The fourth-order valence-corrected chi connectivity index (χ4v) is 2.70. The highest BCUT2D eigenvalue weighted by Crippen LogP contribution is 2.22. The number of nitrogens with zero attached hydrogens (tertiary/aromatic N) is 3. The first-order valence-corrected chi connectivity index (χ1v) is 8.03. The van der Waals surface area contributed by atoms with Crippen LogP contribution in [0.2, 0.25) is 0 Å². The van der Waals surface area contributed by atoms with Crippen molar-refractivity contribution in [2.45, 2.75) is 32.6 Å². The Bertz CT molecular complexity index is 534. The van der Waals surface area contributed by atoms with Crippen LogP contribution in [0.5, 0.6) is 0 Å². The van der Waals surface area contributed by atoms with Gasteiger partial charge in [0.15, 0.2) is 5.82 Å². The molecule has 0 aliphatic rings. The van der Waals surface area contributed by atoms with Crippen molar-refractivity contribution in [1.82, 2.24) is 13.9 Å². The van der Waals surface area contributed by atoms with E-state index >= 15 is 0 Å². The lowest BCUT2D eigenvalue weighted by Gasteiger charge is -2.03. The van der Waals surface area contributed by atoms with E-state index in [1.54, 1.807) is 11.9 Å². The molecule has 106 valence electrons. The average Bonchev–Trinajstić information content (AvgIpc) is 2.89. The number of pyridine rings is 1. The smallest absolute Gasteiger partial charge is 0.169 e. The second kappa shape index (κ2) is 7.90. The second-order valence-electron chi connectivity index (χ2n) is 4.64. The monoisotopic (exact) mass is 287 g/mol. The van der Waals surface area contributed by atoms with Crippen molar-refractivity contribution in [3.05, 3.63) is 48.9 Å². The molecule has 0 bridgehead atoms. The Kier molecular flexibility index (Phi) is 5.87. The van der Waals surface area contributed by atoms with Crippen molar-refractivity contribution < 1.29 is 0 Å². The summed E-state index contributed by atoms with van der Waals surface area (Å²) in [5.74, 6) is 1.80. The van der Waals surface area contributed by atoms with E-state index in [0.717, 1.165) is 29.4 Å². The van der Waals surface area contributed by atoms with Crippen molar-refractivity contribution in [1.29, 1.82) is 0 Å². The van der Waals surface area contributed by atoms with E-state index in [2.05, 4.69) is 28.7 Å². The van der Waals surface area contributed by atoms with Crippen LogP contribution in [-0.2, 0) is 6.42 Å². The Balaban J connectivity index is 2.21. The lowest BCUT2D eigenvalue weighted by molar-refractivity contribution is 0.709. The van der Waals surface area contributed by atoms with Crippen LogP contribution in [0.25, 0.3) is 11.5 Å². The van der Waals surface area contributed by atoms with Gasteiger partial charge in [-0.25, -0.2) is 4.98 Å². The maximum Gasteiger partial charge on any atom is 0.169 e. The van der Waals surface area contributed by atoms with E-state index in [1.807, 2.05) is 30.5 Å². The lowest BCUT2D eigenvalue weighted by Crippen LogP contribution is -1.93. The molecule has 0 N–H and O–H groups in total. The van der Waals surface area contributed by atoms with Crippen molar-refractivity contribution in [3.63, 3.8) is 0 Å². The molecule has 0 unspecified atom stereocenters. The Hall–Kier alpha value is -1.55. The lowest BCUT2D eigenvalue weighted by atomic mass is 10.2. The summed E-state index contributed by atoms with van der Waals surface area (Å²) in [6.45, 7) is 6.00. The number of rotatable bonds is 8. The Morgan fingerprint density at radius 1 is 1.35 bits per heavy atom. The van der Waals surface area contributed by atoms with Crippen LogP contribution < -0.4 is 0 Å². The van der Waals surface area contributed by atoms with Gasteiger partial charge in [-0.05, 0) is 36.9 Å². The molecule has 0 aromatic carbocycles. The molecule has 0 amide bonds. The second-order valence-corrected chi connectivity index (χ2v) is 5.62. The van der Waals surface area contributed by atoms with Gasteiger partial charge in [0.1, 0.15) is 5.69 Å². The van der Waals surface area contributed by atoms with E-state index in [-0.39, 0.29) is 0 Å². The summed E-state index contributed by atoms with van der Waals surface area (Å²) in [4.78, 5) is 9.16. The first-order chi connectivity index (χ1) is 9.85. The molecule has 0 spiro atoms. The van der Waals surface area contributed by atoms with Gasteiger partial charge in [0.2, 0.25) is 0 Å². The van der Waals surface area contributed by atoms with Gasteiger partial charge in [0.05, 0.1) is 5.69 Å². The van der Waals surface area contributed by atoms with Crippen LogP contribution in [0, 0.1) is 0 Å². The highest BCUT2D eigenvalue weighted by atomic mass is 32.2. The van der Waals surface area contributed by atoms with Gasteiger partial charge >= 0.3 is 0 Å². The molecule has 0 saturated heterocycles. The molecule has 0 aliphatic carbocycles. The third-order valence-electron chi connectivity index (χ3n) is 2.99. The zero-order valence-electron chi connectivity index (χ0n) is 12.0. The molecule has 2 aromatic heterocycles. The zero-order valence-corrected chi connectivity index (χ0v) is 12.8. The Labute approximate surface area is 125 Å². The largest absolute Gasteiger partial charge is 0.272 e. The summed E-state index contributed by atoms with van der Waals surface area (Å²) in [6.07, 6.45) is 10.6. The molecule has 0 aliphatic heterocycles. The fraction of sp³-hybridized carbons (Fsp3) is 0.375. The first-order valence-electron chi connectivity index (χ1n) is 7.09. The predicted molar refractivity (Wildman–Crippen MR) is 86.7 cm³/mol. The van der Waals surface area contributed by atoms with Crippen molar-refractivity contribution in [2.24, 2.45) is 0 Å². The van der Waals surface area contributed by atoms with Gasteiger partial charge in [0, 0.05) is 18.1 Å². The van der Waals surface area contributed by atoms with Crippen molar-refractivity contribution in [3.8, 4) is 11.5 Å². The standard InChI is InChI=1S/C16H21N3S/c1-3-5-6-9-14-13-19(20-12-4-2)16(18-14)15-10-7-8-11-17-15/h4,7-8,10-11,13H,2-3,5-6,9,12H2,1H3. The number of imidazole rings is 1. The van der Waals surface area contributed by atoms with Crippen LogP contribution in [0.4, 0.5) is 0 Å². The first kappa shape index (κ1) is 14.9. The van der Waals surface area contributed by atoms with Crippen LogP contribution in [0.1, 0.15) is 31.9 Å². The molecule has 2 aromatic rings. The maximum atomic E-state index is 4.75. The van der Waals surface area contributed by atoms with E-state index in [4.69, 9.17) is 4.98 Å². The van der Waals surface area contributed by atoms with Crippen LogP contribution in [0.15, 0.2) is 43.2 Å². The number of unbranched alkanes of at least 4 members (excludes halogenated alkanes) is 2. The molecule has 0 saturated carbocycles. The SMILES string of the molecule is C=CCSn1cc(CCCCC)nc1-c1ccccn1. The molecule has 0 atom stereocenters. The van der Waals surface area contributed by atoms with Crippen LogP contribution in [0.3, 0.4) is 0 Å². The Morgan fingerprint density at radius 2 is 2.25 bits per heavy atom. The molecular weight excluding hydrogens is 266 g/mol. The van der Waals surface area contributed by atoms with E-state index in [1.165, 1.54) is 19.3 Å². The Morgan fingerprint density at radius 3 is 2.95 bits per heavy atom. The average molecular weight is 287 g/mol. The minimum absolute atomic E-state index is 0.866. The number of hydrogen-bond donors (Lipinski definition) is 0. The summed E-state index contributed by atoms with van der Waals surface area (Å²) in [5.41, 5.74) is 2.07. The number of hydrogen-bond acceptors (Lipinski definition) is 3. The van der Waals surface area contributed by atoms with Crippen LogP contribution >= 0.6 is 11.9 Å². The minimum Gasteiger partial charge on any atom is -0.272 e. The number of aromatic nitrogens is 3. The molecule has 0 fully saturated rings. The molecule has 2 heterocycles. The molecule has 3 nitrogen and oxygen atoms in total. The summed E-state index contributed by atoms with van der Waals surface area (Å²) < 4.78 is 2.12. The molecule has 4 heteroatoms. The van der Waals surface area contributed by atoms with Gasteiger partial charge in [-0.15, -0.1) is 6.58 Å². The van der Waals surface area contributed by atoms with E-state index in [0.29, 0.717) is 0 Å². The summed E-state index contributed by atoms with van der Waals surface area (Å²) in [6, 6.07) is 5.93. The van der Waals surface area contributed by atoms with Gasteiger partial charge in [-0.1, -0.05) is 31.9 Å². The quantitative estimate of drug-likeness (QED) is 0.534. The van der Waals surface area contributed by atoms with Crippen LogP contribution in [-0.4, -0.2) is 19.7 Å². The zero-order chi connectivity index (χ0) is 14.2. The third kappa shape index (κ3) is 3.97. The highest BCUT2D eigenvalue weighted by Gasteiger charge is 2.11. The maximum absolute atomic E-state index is 4.75. The predicted octanol–water partition coefficient (Wildman–Crippen LogP) is 4.36. The third-order valence-corrected chi connectivity index (χ3v) is 3.93. The summed E-state index contributed by atoms with van der Waals surface area (Å²) >= 11 is 1.70. The molecule has 0 radical (unpaired) electrons. The normalized spacial score (nSPS) is 10.7. The highest BCUT2D eigenvalue weighted by molar-refractivity contribution is 7.98. The summed E-state index contributed by atoms with van der Waals surface area (Å²) in [5, 5.41) is 0. The fourth-order valence-electron chi connectivity index (χ4n) is 1.98. The molecule has 2 rings (SSSR count).